The fraction of sp³-hybridized carbons (Fsp3) is 0.821. The molecule has 34 heavy (non-hydrogen) atoms. The lowest BCUT2D eigenvalue weighted by molar-refractivity contribution is -0.191. The van der Waals surface area contributed by atoms with E-state index in [0.29, 0.717) is 30.3 Å². The molecule has 6 rings (SSSR count). The summed E-state index contributed by atoms with van der Waals surface area (Å²) in [5.74, 6) is 0.721. The van der Waals surface area contributed by atoms with Gasteiger partial charge >= 0.3 is 5.97 Å². The smallest absolute Gasteiger partial charge is 0.334 e. The zero-order valence-corrected chi connectivity index (χ0v) is 21.1. The highest BCUT2D eigenvalue weighted by Gasteiger charge is 2.76. The van der Waals surface area contributed by atoms with Gasteiger partial charge in [-0.3, -0.25) is 0 Å². The molecule has 188 valence electrons. The van der Waals surface area contributed by atoms with Gasteiger partial charge in [0.05, 0.1) is 12.2 Å². The van der Waals surface area contributed by atoms with Crippen molar-refractivity contribution in [2.24, 2.45) is 34.5 Å². The zero-order valence-electron chi connectivity index (χ0n) is 21.1. The minimum absolute atomic E-state index is 0.0236. The summed E-state index contributed by atoms with van der Waals surface area (Å²) in [6.07, 6.45) is 7.34. The van der Waals surface area contributed by atoms with Crippen molar-refractivity contribution in [3.8, 4) is 0 Å². The minimum Gasteiger partial charge on any atom is -0.456 e. The largest absolute Gasteiger partial charge is 0.456 e. The summed E-state index contributed by atoms with van der Waals surface area (Å²) in [5.41, 5.74) is -0.969. The van der Waals surface area contributed by atoms with Crippen molar-refractivity contribution >= 4 is 5.97 Å². The number of aliphatic hydroxyl groups excluding tert-OH is 1. The molecule has 0 aromatic heterocycles. The first-order valence-corrected chi connectivity index (χ1v) is 13.2. The second kappa shape index (κ2) is 6.96. The van der Waals surface area contributed by atoms with Crippen LogP contribution in [-0.2, 0) is 14.3 Å². The number of fused-ring (bicyclic) bond motifs is 8. The summed E-state index contributed by atoms with van der Waals surface area (Å²) in [5, 5.41) is 34.0. The molecular weight excluding hydrogens is 432 g/mol. The Morgan fingerprint density at radius 2 is 1.88 bits per heavy atom. The molecule has 3 N–H and O–H groups in total. The maximum absolute atomic E-state index is 12.4. The number of cyclic esters (lactones) is 1. The molecule has 0 unspecified atom stereocenters. The van der Waals surface area contributed by atoms with E-state index in [1.165, 1.54) is 0 Å². The van der Waals surface area contributed by atoms with Gasteiger partial charge < -0.3 is 24.8 Å². The lowest BCUT2D eigenvalue weighted by Gasteiger charge is -2.61. The molecule has 2 aliphatic heterocycles. The monoisotopic (exact) mass is 472 g/mol. The van der Waals surface area contributed by atoms with E-state index in [1.807, 2.05) is 19.9 Å². The average Bonchev–Trinajstić information content (AvgIpc) is 3.49. The van der Waals surface area contributed by atoms with E-state index in [9.17, 15) is 20.1 Å². The second-order valence-electron chi connectivity index (χ2n) is 13.1. The van der Waals surface area contributed by atoms with Crippen LogP contribution in [0.25, 0.3) is 0 Å². The summed E-state index contributed by atoms with van der Waals surface area (Å²) < 4.78 is 12.0. The van der Waals surface area contributed by atoms with Gasteiger partial charge in [-0.05, 0) is 75.5 Å². The number of carbonyl (C=O) groups is 1. The Kier molecular flexibility index (Phi) is 4.75. The van der Waals surface area contributed by atoms with E-state index in [1.54, 1.807) is 6.92 Å². The summed E-state index contributed by atoms with van der Waals surface area (Å²) in [4.78, 5) is 12.4. The van der Waals surface area contributed by atoms with E-state index in [4.69, 9.17) is 9.47 Å². The van der Waals surface area contributed by atoms with Crippen LogP contribution in [0.2, 0.25) is 0 Å². The molecule has 0 bridgehead atoms. The molecule has 6 nitrogen and oxygen atoms in total. The molecule has 12 atom stereocenters. The molecule has 6 aliphatic rings. The molecule has 2 heterocycles. The van der Waals surface area contributed by atoms with Crippen LogP contribution in [-0.4, -0.2) is 56.9 Å². The molecule has 1 saturated heterocycles. The van der Waals surface area contributed by atoms with Gasteiger partial charge in [-0.15, -0.1) is 0 Å². The third-order valence-electron chi connectivity index (χ3n) is 11.6. The van der Waals surface area contributed by atoms with Gasteiger partial charge in [-0.25, -0.2) is 4.79 Å². The van der Waals surface area contributed by atoms with Crippen molar-refractivity contribution in [2.75, 3.05) is 0 Å². The lowest BCUT2D eigenvalue weighted by Crippen LogP contribution is -2.65. The third kappa shape index (κ3) is 2.74. The van der Waals surface area contributed by atoms with Crippen LogP contribution >= 0.6 is 0 Å². The third-order valence-corrected chi connectivity index (χ3v) is 11.6. The Balaban J connectivity index is 1.32. The Bertz CT molecular complexity index is 983. The highest BCUT2D eigenvalue weighted by molar-refractivity contribution is 5.89. The number of hydrogen-bond acceptors (Lipinski definition) is 6. The fourth-order valence-corrected chi connectivity index (χ4v) is 9.46. The van der Waals surface area contributed by atoms with Crippen LogP contribution in [0.3, 0.4) is 0 Å². The Morgan fingerprint density at radius 3 is 2.59 bits per heavy atom. The zero-order chi connectivity index (χ0) is 24.4. The van der Waals surface area contributed by atoms with Crippen molar-refractivity contribution in [3.63, 3.8) is 0 Å². The lowest BCUT2D eigenvalue weighted by atomic mass is 9.44. The topological polar surface area (TPSA) is 99.5 Å². The van der Waals surface area contributed by atoms with E-state index >= 15 is 0 Å². The Hall–Kier alpha value is -1.21. The summed E-state index contributed by atoms with van der Waals surface area (Å²) in [6.45, 7) is 10.1. The highest BCUT2D eigenvalue weighted by Crippen LogP contribution is 2.72. The van der Waals surface area contributed by atoms with Crippen molar-refractivity contribution in [1.29, 1.82) is 0 Å². The van der Waals surface area contributed by atoms with Crippen LogP contribution in [0.1, 0.15) is 73.1 Å². The number of ether oxygens (including phenoxy) is 2. The van der Waals surface area contributed by atoms with Crippen LogP contribution in [0.5, 0.6) is 0 Å². The van der Waals surface area contributed by atoms with Gasteiger partial charge in [0.15, 0.2) is 0 Å². The normalized spacial score (nSPS) is 55.5. The molecule has 4 aliphatic carbocycles. The quantitative estimate of drug-likeness (QED) is 0.324. The van der Waals surface area contributed by atoms with Gasteiger partial charge in [-0.2, -0.15) is 0 Å². The van der Waals surface area contributed by atoms with Gasteiger partial charge in [-0.1, -0.05) is 31.6 Å². The number of rotatable bonds is 2. The van der Waals surface area contributed by atoms with Crippen molar-refractivity contribution in [2.45, 2.75) is 109 Å². The van der Waals surface area contributed by atoms with Crippen LogP contribution in [0, 0.1) is 34.5 Å². The average molecular weight is 473 g/mol. The fourth-order valence-electron chi connectivity index (χ4n) is 9.46. The van der Waals surface area contributed by atoms with Crippen LogP contribution in [0.4, 0.5) is 0 Å². The maximum Gasteiger partial charge on any atom is 0.334 e. The first-order valence-electron chi connectivity index (χ1n) is 13.2. The molecule has 4 fully saturated rings. The number of esters is 1. The van der Waals surface area contributed by atoms with Gasteiger partial charge in [0, 0.05) is 23.8 Å². The molecule has 0 amide bonds. The number of carbonyl (C=O) groups excluding carboxylic acids is 1. The molecule has 0 aromatic carbocycles. The molecule has 0 radical (unpaired) electrons. The predicted octanol–water partition coefficient (Wildman–Crippen LogP) is 3.29. The summed E-state index contributed by atoms with van der Waals surface area (Å²) >= 11 is 0. The summed E-state index contributed by atoms with van der Waals surface area (Å²) in [6, 6.07) is 0. The number of aliphatic hydroxyl groups is 3. The second-order valence-corrected chi connectivity index (χ2v) is 13.1. The first kappa shape index (κ1) is 23.2. The summed E-state index contributed by atoms with van der Waals surface area (Å²) in [7, 11) is 0. The Morgan fingerprint density at radius 1 is 1.15 bits per heavy atom. The molecule has 0 spiro atoms. The van der Waals surface area contributed by atoms with Gasteiger partial charge in [0.1, 0.15) is 23.4 Å². The van der Waals surface area contributed by atoms with E-state index in [0.717, 1.165) is 31.3 Å². The molecule has 3 saturated carbocycles. The van der Waals surface area contributed by atoms with Crippen molar-refractivity contribution in [3.05, 3.63) is 23.3 Å². The van der Waals surface area contributed by atoms with Crippen molar-refractivity contribution < 1.29 is 29.6 Å². The Labute approximate surface area is 202 Å². The van der Waals surface area contributed by atoms with Gasteiger partial charge in [0.2, 0.25) is 0 Å². The number of hydrogen-bond donors (Lipinski definition) is 3. The van der Waals surface area contributed by atoms with Crippen molar-refractivity contribution in [1.82, 2.24) is 0 Å². The SMILES string of the molecule is CC1=C(C)C(=O)O[C@@H]([C@](C)(O)[C@H]2CC[C@H]3[C@@H]4[C@@H]5O[C@@H]5[C@@]5(O)C[C@H](O)C=C[C@]5(C)[C@H]4CC[C@]23C)C1. The predicted molar refractivity (Wildman–Crippen MR) is 126 cm³/mol. The van der Waals surface area contributed by atoms with E-state index in [2.05, 4.69) is 19.9 Å². The highest BCUT2D eigenvalue weighted by atomic mass is 16.6. The van der Waals surface area contributed by atoms with Crippen LogP contribution in [0.15, 0.2) is 23.3 Å². The minimum atomic E-state index is -1.11. The molecule has 0 aromatic rings. The molecule has 6 heteroatoms. The van der Waals surface area contributed by atoms with E-state index < -0.39 is 28.8 Å². The standard InChI is InChI=1S/C28H40O6/c1-14-12-20(33-24(30)15(14)2)27(5,31)19-7-6-17-21-18(9-10-25(17,19)3)26(4)11-8-16(29)13-28(26,32)23-22(21)34-23/h8,11,16-23,29,31-32H,6-7,9-10,12-13H2,1-5H3/t16-,17+,18+,19+,20-,21+,22+,23+,25+,26-,27-,28+/m1/s1. The van der Waals surface area contributed by atoms with Crippen LogP contribution < -0.4 is 0 Å². The first-order chi connectivity index (χ1) is 15.8. The van der Waals surface area contributed by atoms with E-state index in [-0.39, 0.29) is 35.4 Å². The molecular formula is C28H40O6. The maximum atomic E-state index is 12.4. The van der Waals surface area contributed by atoms with Gasteiger partial charge in [0.25, 0.3) is 0 Å². The number of epoxide rings is 1.